The molecule has 24 heavy (non-hydrogen) atoms. The molecule has 3 aromatic rings. The van der Waals surface area contributed by atoms with Crippen LogP contribution >= 0.6 is 11.6 Å². The number of nitro groups is 1. The van der Waals surface area contributed by atoms with Crippen molar-refractivity contribution < 1.29 is 9.34 Å². The summed E-state index contributed by atoms with van der Waals surface area (Å²) in [6.07, 6.45) is 1.60. The average Bonchev–Trinajstić information content (AvgIpc) is 2.98. The van der Waals surface area contributed by atoms with E-state index in [1.54, 1.807) is 43.3 Å². The molecule has 0 aliphatic heterocycles. The van der Waals surface area contributed by atoms with Crippen LogP contribution in [0.25, 0.3) is 22.2 Å². The van der Waals surface area contributed by atoms with Crippen LogP contribution in [0.2, 0.25) is 0 Å². The van der Waals surface area contributed by atoms with E-state index in [2.05, 4.69) is 4.98 Å². The summed E-state index contributed by atoms with van der Waals surface area (Å²) in [6, 6.07) is 12.2. The quantitative estimate of drug-likeness (QED) is 0.513. The van der Waals surface area contributed by atoms with E-state index in [0.29, 0.717) is 22.4 Å². The van der Waals surface area contributed by atoms with Gasteiger partial charge in [0.2, 0.25) is 5.89 Å². The van der Waals surface area contributed by atoms with E-state index >= 15 is 0 Å². The maximum absolute atomic E-state index is 11.2. The lowest BCUT2D eigenvalue weighted by molar-refractivity contribution is -0.384. The zero-order chi connectivity index (χ0) is 17.3. The highest BCUT2D eigenvalue weighted by Gasteiger charge is 2.16. The summed E-state index contributed by atoms with van der Waals surface area (Å²) in [5, 5.41) is 11.5. The van der Waals surface area contributed by atoms with E-state index < -0.39 is 4.92 Å². The monoisotopic (exact) mass is 343 g/mol. The van der Waals surface area contributed by atoms with E-state index in [-0.39, 0.29) is 16.6 Å². The Bertz CT molecular complexity index is 914. The Morgan fingerprint density at radius 2 is 2.04 bits per heavy atom. The molecule has 0 fully saturated rings. The molecule has 0 saturated heterocycles. The molecular formula is C17H14ClN3O3. The molecule has 0 bridgehead atoms. The highest BCUT2D eigenvalue weighted by atomic mass is 35.5. The van der Waals surface area contributed by atoms with Gasteiger partial charge in [0.25, 0.3) is 5.69 Å². The summed E-state index contributed by atoms with van der Waals surface area (Å²) in [6.45, 7) is 0. The zero-order valence-electron chi connectivity index (χ0n) is 13.1. The summed E-state index contributed by atoms with van der Waals surface area (Å²) in [7, 11) is 3.51. The standard InChI is InChI=1S/C17H14ClN3O3/c1-20(2)14-8-7-11(10-15(14)21(22)23)9-12(18)17-19-13-5-3-4-6-16(13)24-17/h3-10H,1-2H3/b12-9-. The van der Waals surface area contributed by atoms with Crippen LogP contribution in [0.1, 0.15) is 11.5 Å². The first-order valence-electron chi connectivity index (χ1n) is 7.14. The van der Waals surface area contributed by atoms with Gasteiger partial charge in [0.05, 0.1) is 4.92 Å². The molecule has 0 aliphatic carbocycles. The summed E-state index contributed by atoms with van der Waals surface area (Å²) >= 11 is 6.27. The fourth-order valence-electron chi connectivity index (χ4n) is 2.34. The number of anilines is 1. The molecule has 1 heterocycles. The summed E-state index contributed by atoms with van der Waals surface area (Å²) in [5.41, 5.74) is 2.46. The molecule has 0 amide bonds. The fourth-order valence-corrected chi connectivity index (χ4v) is 2.54. The van der Waals surface area contributed by atoms with Crippen molar-refractivity contribution in [2.75, 3.05) is 19.0 Å². The van der Waals surface area contributed by atoms with Crippen molar-refractivity contribution in [1.29, 1.82) is 0 Å². The van der Waals surface area contributed by atoms with Crippen LogP contribution in [-0.2, 0) is 0 Å². The largest absolute Gasteiger partial charge is 0.435 e. The molecular weight excluding hydrogens is 330 g/mol. The van der Waals surface area contributed by atoms with Gasteiger partial charge >= 0.3 is 0 Å². The number of nitrogens with zero attached hydrogens (tertiary/aromatic N) is 3. The number of fused-ring (bicyclic) bond motifs is 1. The second-order valence-electron chi connectivity index (χ2n) is 5.38. The molecule has 3 rings (SSSR count). The second-order valence-corrected chi connectivity index (χ2v) is 5.79. The molecule has 7 heteroatoms. The minimum atomic E-state index is -0.417. The average molecular weight is 344 g/mol. The minimum absolute atomic E-state index is 0.00998. The molecule has 6 nitrogen and oxygen atoms in total. The van der Waals surface area contributed by atoms with Crippen molar-refractivity contribution in [3.63, 3.8) is 0 Å². The minimum Gasteiger partial charge on any atom is -0.435 e. The lowest BCUT2D eigenvalue weighted by atomic mass is 10.1. The van der Waals surface area contributed by atoms with Gasteiger partial charge < -0.3 is 9.32 Å². The van der Waals surface area contributed by atoms with Gasteiger partial charge in [-0.1, -0.05) is 29.8 Å². The number of para-hydroxylation sites is 2. The van der Waals surface area contributed by atoms with Crippen LogP contribution in [0.5, 0.6) is 0 Å². The third-order valence-corrected chi connectivity index (χ3v) is 3.74. The van der Waals surface area contributed by atoms with Crippen molar-refractivity contribution in [1.82, 2.24) is 4.98 Å². The SMILES string of the molecule is CN(C)c1ccc(/C=C(\Cl)c2nc3ccccc3o2)cc1[N+](=O)[O-]. The molecule has 0 spiro atoms. The summed E-state index contributed by atoms with van der Waals surface area (Å²) < 4.78 is 5.59. The number of halogens is 1. The van der Waals surface area contributed by atoms with Crippen LogP contribution in [0.15, 0.2) is 46.9 Å². The van der Waals surface area contributed by atoms with Gasteiger partial charge in [-0.15, -0.1) is 0 Å². The molecule has 1 aromatic heterocycles. The predicted octanol–water partition coefficient (Wildman–Crippen LogP) is 4.54. The molecule has 0 radical (unpaired) electrons. The van der Waals surface area contributed by atoms with Crippen LogP contribution in [0, 0.1) is 10.1 Å². The Kier molecular flexibility index (Phi) is 4.22. The Balaban J connectivity index is 2.00. The molecule has 2 aromatic carbocycles. The normalized spacial score (nSPS) is 11.7. The van der Waals surface area contributed by atoms with E-state index in [1.165, 1.54) is 6.07 Å². The number of hydrogen-bond acceptors (Lipinski definition) is 5. The van der Waals surface area contributed by atoms with E-state index in [9.17, 15) is 10.1 Å². The number of rotatable bonds is 4. The lowest BCUT2D eigenvalue weighted by Gasteiger charge is -2.12. The molecule has 0 saturated carbocycles. The van der Waals surface area contributed by atoms with Gasteiger partial charge in [0, 0.05) is 20.2 Å². The van der Waals surface area contributed by atoms with Crippen LogP contribution in [0.3, 0.4) is 0 Å². The predicted molar refractivity (Wildman–Crippen MR) is 95.2 cm³/mol. The topological polar surface area (TPSA) is 72.4 Å². The number of nitro benzene ring substituents is 1. The van der Waals surface area contributed by atoms with Crippen molar-refractivity contribution in [2.45, 2.75) is 0 Å². The number of oxazole rings is 1. The Morgan fingerprint density at radius 1 is 1.29 bits per heavy atom. The van der Waals surface area contributed by atoms with Gasteiger partial charge in [0.1, 0.15) is 16.2 Å². The third-order valence-electron chi connectivity index (χ3n) is 3.47. The first-order chi connectivity index (χ1) is 11.5. The molecule has 122 valence electrons. The maximum Gasteiger partial charge on any atom is 0.293 e. The van der Waals surface area contributed by atoms with Crippen molar-refractivity contribution >= 4 is 45.2 Å². The van der Waals surface area contributed by atoms with Gasteiger partial charge in [-0.2, -0.15) is 0 Å². The zero-order valence-corrected chi connectivity index (χ0v) is 13.8. The number of hydrogen-bond donors (Lipinski definition) is 0. The van der Waals surface area contributed by atoms with Gasteiger partial charge in [0.15, 0.2) is 5.58 Å². The maximum atomic E-state index is 11.2. The summed E-state index contributed by atoms with van der Waals surface area (Å²) in [4.78, 5) is 16.8. The highest BCUT2D eigenvalue weighted by molar-refractivity contribution is 6.50. The van der Waals surface area contributed by atoms with Crippen LogP contribution in [-0.4, -0.2) is 24.0 Å². The lowest BCUT2D eigenvalue weighted by Crippen LogP contribution is -2.10. The van der Waals surface area contributed by atoms with E-state index in [0.717, 1.165) is 0 Å². The van der Waals surface area contributed by atoms with Crippen molar-refractivity contribution in [3.05, 3.63) is 64.0 Å². The van der Waals surface area contributed by atoms with Crippen LogP contribution < -0.4 is 4.90 Å². The first-order valence-corrected chi connectivity index (χ1v) is 7.52. The molecule has 0 atom stereocenters. The summed E-state index contributed by atoms with van der Waals surface area (Å²) in [5.74, 6) is 0.275. The number of aromatic nitrogens is 1. The second kappa shape index (κ2) is 6.33. The van der Waals surface area contributed by atoms with Crippen molar-refractivity contribution in [3.8, 4) is 0 Å². The Morgan fingerprint density at radius 3 is 2.71 bits per heavy atom. The van der Waals surface area contributed by atoms with Crippen LogP contribution in [0.4, 0.5) is 11.4 Å². The fraction of sp³-hybridized carbons (Fsp3) is 0.118. The molecule has 0 unspecified atom stereocenters. The first kappa shape index (κ1) is 16.0. The van der Waals surface area contributed by atoms with E-state index in [1.807, 2.05) is 18.2 Å². The van der Waals surface area contributed by atoms with Crippen molar-refractivity contribution in [2.24, 2.45) is 0 Å². The van der Waals surface area contributed by atoms with Gasteiger partial charge in [-0.05, 0) is 29.8 Å². The smallest absolute Gasteiger partial charge is 0.293 e. The number of benzene rings is 2. The van der Waals surface area contributed by atoms with Gasteiger partial charge in [-0.3, -0.25) is 10.1 Å². The molecule has 0 N–H and O–H groups in total. The highest BCUT2D eigenvalue weighted by Crippen LogP contribution is 2.31. The van der Waals surface area contributed by atoms with Gasteiger partial charge in [-0.25, -0.2) is 4.98 Å². The third kappa shape index (κ3) is 3.09. The Hall–Kier alpha value is -2.86. The molecule has 0 aliphatic rings. The van der Waals surface area contributed by atoms with E-state index in [4.69, 9.17) is 16.0 Å². The Labute approximate surface area is 143 Å².